The molecule has 1 aliphatic rings. The van der Waals surface area contributed by atoms with Gasteiger partial charge in [-0.15, -0.1) is 5.10 Å². The summed E-state index contributed by atoms with van der Waals surface area (Å²) in [5.74, 6) is 1.44. The number of methoxy groups -OCH3 is 1. The fourth-order valence-corrected chi connectivity index (χ4v) is 2.67. The highest BCUT2D eigenvalue weighted by Crippen LogP contribution is 2.16. The van der Waals surface area contributed by atoms with Crippen LogP contribution in [-0.4, -0.2) is 59.1 Å². The molecule has 1 aliphatic heterocycles. The SMILES string of the molecule is COc1nn(C)cc1C(=O)NCc1nc(C)cc(N2CCOCC2)n1. The van der Waals surface area contributed by atoms with Gasteiger partial charge in [-0.1, -0.05) is 0 Å². The molecule has 2 aromatic heterocycles. The Bertz CT molecular complexity index is 754. The topological polar surface area (TPSA) is 94.4 Å². The van der Waals surface area contributed by atoms with Gasteiger partial charge < -0.3 is 19.7 Å². The molecule has 134 valence electrons. The lowest BCUT2D eigenvalue weighted by Crippen LogP contribution is -2.37. The van der Waals surface area contributed by atoms with Gasteiger partial charge in [0.15, 0.2) is 0 Å². The van der Waals surface area contributed by atoms with E-state index in [4.69, 9.17) is 9.47 Å². The Balaban J connectivity index is 1.70. The van der Waals surface area contributed by atoms with Crippen LogP contribution in [0.3, 0.4) is 0 Å². The first-order valence-corrected chi connectivity index (χ1v) is 8.10. The standard InChI is InChI=1S/C16H22N6O3/c1-11-8-14(22-4-6-25-7-5-22)19-13(18-11)9-17-15(23)12-10-21(2)20-16(12)24-3/h8,10H,4-7,9H2,1-3H3,(H,17,23). The van der Waals surface area contributed by atoms with E-state index in [2.05, 4.69) is 25.3 Å². The predicted molar refractivity (Wildman–Crippen MR) is 90.7 cm³/mol. The van der Waals surface area contributed by atoms with Gasteiger partial charge in [0.25, 0.3) is 5.91 Å². The van der Waals surface area contributed by atoms with Crippen LogP contribution in [0.1, 0.15) is 21.9 Å². The number of nitrogens with one attached hydrogen (secondary N) is 1. The van der Waals surface area contributed by atoms with Gasteiger partial charge in [0.05, 0.1) is 26.9 Å². The van der Waals surface area contributed by atoms with Gasteiger partial charge in [0.1, 0.15) is 17.2 Å². The van der Waals surface area contributed by atoms with E-state index in [9.17, 15) is 4.79 Å². The molecule has 0 bridgehead atoms. The molecule has 1 fully saturated rings. The van der Waals surface area contributed by atoms with Crippen LogP contribution in [0, 0.1) is 6.92 Å². The zero-order valence-corrected chi connectivity index (χ0v) is 14.7. The van der Waals surface area contributed by atoms with Gasteiger partial charge in [-0.3, -0.25) is 9.48 Å². The molecule has 0 aliphatic carbocycles. The van der Waals surface area contributed by atoms with E-state index >= 15 is 0 Å². The number of rotatable bonds is 5. The Kier molecular flexibility index (Phi) is 5.13. The van der Waals surface area contributed by atoms with Crippen molar-refractivity contribution in [3.8, 4) is 5.88 Å². The lowest BCUT2D eigenvalue weighted by molar-refractivity contribution is 0.0946. The Labute approximate surface area is 146 Å². The van der Waals surface area contributed by atoms with E-state index in [1.54, 1.807) is 13.2 Å². The molecule has 0 saturated carbocycles. The molecule has 0 spiro atoms. The van der Waals surface area contributed by atoms with E-state index in [0.29, 0.717) is 30.5 Å². The van der Waals surface area contributed by atoms with Crippen LogP contribution in [-0.2, 0) is 18.3 Å². The molecular formula is C16H22N6O3. The smallest absolute Gasteiger partial charge is 0.258 e. The highest BCUT2D eigenvalue weighted by Gasteiger charge is 2.18. The zero-order chi connectivity index (χ0) is 17.8. The molecule has 3 heterocycles. The highest BCUT2D eigenvalue weighted by molar-refractivity contribution is 5.96. The van der Waals surface area contributed by atoms with Gasteiger partial charge in [0.2, 0.25) is 5.88 Å². The average molecular weight is 346 g/mol. The van der Waals surface area contributed by atoms with Gasteiger partial charge in [0, 0.05) is 38.1 Å². The third kappa shape index (κ3) is 4.05. The van der Waals surface area contributed by atoms with Gasteiger partial charge >= 0.3 is 0 Å². The molecule has 1 amide bonds. The number of aryl methyl sites for hydroxylation is 2. The highest BCUT2D eigenvalue weighted by atomic mass is 16.5. The second-order valence-corrected chi connectivity index (χ2v) is 5.79. The van der Waals surface area contributed by atoms with E-state index in [-0.39, 0.29) is 12.5 Å². The van der Waals surface area contributed by atoms with E-state index in [0.717, 1.165) is 24.6 Å². The molecule has 0 unspecified atom stereocenters. The molecular weight excluding hydrogens is 324 g/mol. The van der Waals surface area contributed by atoms with Crippen LogP contribution in [0.4, 0.5) is 5.82 Å². The Morgan fingerprint density at radius 2 is 2.12 bits per heavy atom. The fraction of sp³-hybridized carbons (Fsp3) is 0.500. The van der Waals surface area contributed by atoms with Gasteiger partial charge in [-0.2, -0.15) is 0 Å². The summed E-state index contributed by atoms with van der Waals surface area (Å²) in [6.45, 7) is 5.13. The van der Waals surface area contributed by atoms with Crippen molar-refractivity contribution in [2.24, 2.45) is 7.05 Å². The quantitative estimate of drug-likeness (QED) is 0.832. The monoisotopic (exact) mass is 346 g/mol. The summed E-state index contributed by atoms with van der Waals surface area (Å²) < 4.78 is 12.0. The lowest BCUT2D eigenvalue weighted by atomic mass is 10.3. The van der Waals surface area contributed by atoms with Crippen molar-refractivity contribution in [1.29, 1.82) is 0 Å². The van der Waals surface area contributed by atoms with Crippen LogP contribution in [0.25, 0.3) is 0 Å². The van der Waals surface area contributed by atoms with Crippen molar-refractivity contribution >= 4 is 11.7 Å². The number of morpholine rings is 1. The van der Waals surface area contributed by atoms with Crippen molar-refractivity contribution in [2.45, 2.75) is 13.5 Å². The first kappa shape index (κ1) is 17.2. The van der Waals surface area contributed by atoms with Crippen molar-refractivity contribution in [3.63, 3.8) is 0 Å². The number of carbonyl (C=O) groups is 1. The van der Waals surface area contributed by atoms with Crippen LogP contribution in [0.2, 0.25) is 0 Å². The summed E-state index contributed by atoms with van der Waals surface area (Å²) in [6, 6.07) is 1.95. The third-order valence-corrected chi connectivity index (χ3v) is 3.86. The Hall–Kier alpha value is -2.68. The number of carbonyl (C=O) groups excluding carboxylic acids is 1. The summed E-state index contributed by atoms with van der Waals surface area (Å²) in [7, 11) is 3.22. The Morgan fingerprint density at radius 1 is 1.36 bits per heavy atom. The minimum absolute atomic E-state index is 0.232. The molecule has 9 heteroatoms. The number of amides is 1. The maximum atomic E-state index is 12.4. The molecule has 25 heavy (non-hydrogen) atoms. The van der Waals surface area contributed by atoms with Gasteiger partial charge in [-0.25, -0.2) is 9.97 Å². The molecule has 9 nitrogen and oxygen atoms in total. The normalized spacial score (nSPS) is 14.4. The summed E-state index contributed by atoms with van der Waals surface area (Å²) in [6.07, 6.45) is 1.62. The molecule has 2 aromatic rings. The molecule has 0 atom stereocenters. The largest absolute Gasteiger partial charge is 0.479 e. The number of anilines is 1. The summed E-state index contributed by atoms with van der Waals surface area (Å²) >= 11 is 0. The molecule has 1 saturated heterocycles. The second kappa shape index (κ2) is 7.47. The number of nitrogens with zero attached hydrogens (tertiary/aromatic N) is 5. The summed E-state index contributed by atoms with van der Waals surface area (Å²) in [4.78, 5) is 23.5. The second-order valence-electron chi connectivity index (χ2n) is 5.79. The summed E-state index contributed by atoms with van der Waals surface area (Å²) in [5.41, 5.74) is 1.24. The lowest BCUT2D eigenvalue weighted by Gasteiger charge is -2.28. The third-order valence-electron chi connectivity index (χ3n) is 3.86. The van der Waals surface area contributed by atoms with Crippen LogP contribution >= 0.6 is 0 Å². The van der Waals surface area contributed by atoms with E-state index in [1.807, 2.05) is 13.0 Å². The van der Waals surface area contributed by atoms with Crippen molar-refractivity contribution in [1.82, 2.24) is 25.1 Å². The molecule has 3 rings (SSSR count). The first-order valence-electron chi connectivity index (χ1n) is 8.10. The van der Waals surface area contributed by atoms with Crippen LogP contribution in [0.15, 0.2) is 12.3 Å². The molecule has 0 radical (unpaired) electrons. The average Bonchev–Trinajstić information content (AvgIpc) is 3.01. The maximum absolute atomic E-state index is 12.4. The van der Waals surface area contributed by atoms with Crippen molar-refractivity contribution < 1.29 is 14.3 Å². The van der Waals surface area contributed by atoms with Crippen LogP contribution in [0.5, 0.6) is 5.88 Å². The zero-order valence-electron chi connectivity index (χ0n) is 14.7. The number of hydrogen-bond donors (Lipinski definition) is 1. The predicted octanol–water partition coefficient (Wildman–Crippen LogP) is 0.294. The van der Waals surface area contributed by atoms with E-state index in [1.165, 1.54) is 11.8 Å². The molecule has 0 aromatic carbocycles. The minimum Gasteiger partial charge on any atom is -0.479 e. The first-order chi connectivity index (χ1) is 12.1. The maximum Gasteiger partial charge on any atom is 0.258 e. The minimum atomic E-state index is -0.275. The Morgan fingerprint density at radius 3 is 2.84 bits per heavy atom. The summed E-state index contributed by atoms with van der Waals surface area (Å²) in [5, 5.41) is 6.90. The number of ether oxygens (including phenoxy) is 2. The number of hydrogen-bond acceptors (Lipinski definition) is 7. The van der Waals surface area contributed by atoms with Crippen molar-refractivity contribution in [3.05, 3.63) is 29.3 Å². The molecule has 1 N–H and O–H groups in total. The number of aromatic nitrogens is 4. The van der Waals surface area contributed by atoms with Crippen molar-refractivity contribution in [2.75, 3.05) is 38.3 Å². The van der Waals surface area contributed by atoms with Crippen LogP contribution < -0.4 is 15.0 Å². The van der Waals surface area contributed by atoms with E-state index < -0.39 is 0 Å². The fourth-order valence-electron chi connectivity index (χ4n) is 2.67. The van der Waals surface area contributed by atoms with Gasteiger partial charge in [-0.05, 0) is 6.92 Å².